The molecule has 168 valence electrons. The fourth-order valence-corrected chi connectivity index (χ4v) is 4.75. The molecule has 6 nitrogen and oxygen atoms in total. The lowest BCUT2D eigenvalue weighted by atomic mass is 10.1. The van der Waals surface area contributed by atoms with Crippen molar-refractivity contribution in [2.45, 2.75) is 17.4 Å². The average molecular weight is 514 g/mol. The van der Waals surface area contributed by atoms with E-state index in [4.69, 9.17) is 39.5 Å². The van der Waals surface area contributed by atoms with Crippen LogP contribution in [0.25, 0.3) is 0 Å². The molecule has 3 rings (SSSR count). The number of benzene rings is 3. The standard InChI is InChI=1S/C22H19Cl3N2O4S/c1-31-21-10-8-16(13-19(21)25)32(29,30)27-20(11-14-5-3-2-4-6-14)22(28)26-15-7-9-17(23)18(24)12-15/h2-10,12-13,20,27H,11H2,1H3,(H,26,28)/t20-/m0/s1. The number of methoxy groups -OCH3 is 1. The maximum atomic E-state index is 13.0. The van der Waals surface area contributed by atoms with Crippen LogP contribution in [0, 0.1) is 0 Å². The fraction of sp³-hybridized carbons (Fsp3) is 0.136. The first-order valence-corrected chi connectivity index (χ1v) is 12.0. The Balaban J connectivity index is 1.88. The van der Waals surface area contributed by atoms with Crippen molar-refractivity contribution in [3.8, 4) is 5.75 Å². The number of carbonyl (C=O) groups excluding carboxylic acids is 1. The number of ether oxygens (including phenoxy) is 1. The Bertz CT molecular complexity index is 1220. The summed E-state index contributed by atoms with van der Waals surface area (Å²) in [5.41, 5.74) is 1.16. The van der Waals surface area contributed by atoms with E-state index in [0.29, 0.717) is 16.5 Å². The van der Waals surface area contributed by atoms with E-state index in [1.54, 1.807) is 30.3 Å². The summed E-state index contributed by atoms with van der Waals surface area (Å²) in [7, 11) is -2.65. The van der Waals surface area contributed by atoms with Crippen molar-refractivity contribution in [3.05, 3.63) is 87.4 Å². The number of hydrogen-bond donors (Lipinski definition) is 2. The zero-order chi connectivity index (χ0) is 23.3. The maximum Gasteiger partial charge on any atom is 0.242 e. The third-order valence-electron chi connectivity index (χ3n) is 4.52. The smallest absolute Gasteiger partial charge is 0.242 e. The molecule has 3 aromatic rings. The number of halogens is 3. The van der Waals surface area contributed by atoms with Crippen molar-refractivity contribution in [2.75, 3.05) is 12.4 Å². The monoisotopic (exact) mass is 512 g/mol. The number of amides is 1. The van der Waals surface area contributed by atoms with Crippen LogP contribution in [0.1, 0.15) is 5.56 Å². The van der Waals surface area contributed by atoms with E-state index in [1.807, 2.05) is 6.07 Å². The van der Waals surface area contributed by atoms with Crippen LogP contribution in [0.4, 0.5) is 5.69 Å². The van der Waals surface area contributed by atoms with Crippen LogP contribution in [0.15, 0.2) is 71.6 Å². The minimum Gasteiger partial charge on any atom is -0.495 e. The van der Waals surface area contributed by atoms with Crippen molar-refractivity contribution in [1.82, 2.24) is 4.72 Å². The fourth-order valence-electron chi connectivity index (χ4n) is 2.91. The predicted molar refractivity (Wildman–Crippen MR) is 127 cm³/mol. The van der Waals surface area contributed by atoms with Gasteiger partial charge in [0.25, 0.3) is 0 Å². The minimum atomic E-state index is -4.08. The largest absolute Gasteiger partial charge is 0.495 e. The molecule has 3 aromatic carbocycles. The molecular formula is C22H19Cl3N2O4S. The van der Waals surface area contributed by atoms with E-state index in [1.165, 1.54) is 37.4 Å². The van der Waals surface area contributed by atoms with Gasteiger partial charge >= 0.3 is 0 Å². The van der Waals surface area contributed by atoms with E-state index < -0.39 is 22.0 Å². The first-order valence-electron chi connectivity index (χ1n) is 9.35. The first kappa shape index (κ1) is 24.4. The molecule has 0 aliphatic carbocycles. The molecule has 0 aliphatic rings. The van der Waals surface area contributed by atoms with E-state index in [0.717, 1.165) is 5.56 Å². The summed E-state index contributed by atoms with van der Waals surface area (Å²) in [5, 5.41) is 3.41. The van der Waals surface area contributed by atoms with Crippen LogP contribution < -0.4 is 14.8 Å². The Labute approximate surface area is 201 Å². The number of anilines is 1. The van der Waals surface area contributed by atoms with Gasteiger partial charge in [0.2, 0.25) is 15.9 Å². The van der Waals surface area contributed by atoms with Crippen LogP contribution >= 0.6 is 34.8 Å². The van der Waals surface area contributed by atoms with Gasteiger partial charge in [0.05, 0.1) is 27.1 Å². The molecule has 1 amide bonds. The molecule has 0 radical (unpaired) electrons. The molecular weight excluding hydrogens is 495 g/mol. The van der Waals surface area contributed by atoms with E-state index in [-0.39, 0.29) is 21.4 Å². The number of hydrogen-bond acceptors (Lipinski definition) is 4. The summed E-state index contributed by atoms with van der Waals surface area (Å²) in [6.07, 6.45) is 0.122. The lowest BCUT2D eigenvalue weighted by Crippen LogP contribution is -2.45. The Kier molecular flexibility index (Phi) is 8.03. The third kappa shape index (κ3) is 6.15. The molecule has 0 aromatic heterocycles. The molecule has 0 aliphatic heterocycles. The molecule has 0 fully saturated rings. The summed E-state index contributed by atoms with van der Waals surface area (Å²) < 4.78 is 33.6. The van der Waals surface area contributed by atoms with Crippen LogP contribution in [-0.4, -0.2) is 27.5 Å². The van der Waals surface area contributed by atoms with Gasteiger partial charge in [-0.1, -0.05) is 65.1 Å². The van der Waals surface area contributed by atoms with Crippen LogP contribution in [0.3, 0.4) is 0 Å². The Morgan fingerprint density at radius 3 is 2.28 bits per heavy atom. The SMILES string of the molecule is COc1ccc(S(=O)(=O)N[C@@H](Cc2ccccc2)C(=O)Nc2ccc(Cl)c(Cl)c2)cc1Cl. The normalized spacial score (nSPS) is 12.2. The quantitative estimate of drug-likeness (QED) is 0.434. The van der Waals surface area contributed by atoms with Crippen molar-refractivity contribution >= 4 is 56.4 Å². The minimum absolute atomic E-state index is 0.0938. The highest BCUT2D eigenvalue weighted by Gasteiger charge is 2.27. The van der Waals surface area contributed by atoms with E-state index in [9.17, 15) is 13.2 Å². The molecule has 2 N–H and O–H groups in total. The Hall–Kier alpha value is -2.29. The van der Waals surface area contributed by atoms with Crippen LogP contribution in [0.5, 0.6) is 5.75 Å². The topological polar surface area (TPSA) is 84.5 Å². The molecule has 1 atom stereocenters. The zero-order valence-electron chi connectivity index (χ0n) is 16.8. The summed E-state index contributed by atoms with van der Waals surface area (Å²) in [5.74, 6) is -0.223. The Morgan fingerprint density at radius 2 is 1.66 bits per heavy atom. The Morgan fingerprint density at radius 1 is 0.938 bits per heavy atom. The highest BCUT2D eigenvalue weighted by atomic mass is 35.5. The number of rotatable bonds is 8. The zero-order valence-corrected chi connectivity index (χ0v) is 19.9. The molecule has 0 bridgehead atoms. The molecule has 0 unspecified atom stereocenters. The summed E-state index contributed by atoms with van der Waals surface area (Å²) in [4.78, 5) is 12.9. The van der Waals surface area contributed by atoms with Gasteiger partial charge in [0.1, 0.15) is 11.8 Å². The van der Waals surface area contributed by atoms with Crippen molar-refractivity contribution < 1.29 is 17.9 Å². The molecule has 0 saturated heterocycles. The number of sulfonamides is 1. The van der Waals surface area contributed by atoms with Crippen molar-refractivity contribution in [2.24, 2.45) is 0 Å². The molecule has 0 spiro atoms. The highest BCUT2D eigenvalue weighted by Crippen LogP contribution is 2.28. The van der Waals surface area contributed by atoms with Gasteiger partial charge in [-0.05, 0) is 48.4 Å². The summed E-state index contributed by atoms with van der Waals surface area (Å²) >= 11 is 18.0. The van der Waals surface area contributed by atoms with Gasteiger partial charge in [0, 0.05) is 5.69 Å². The highest BCUT2D eigenvalue weighted by molar-refractivity contribution is 7.89. The second-order valence-corrected chi connectivity index (χ2v) is 9.71. The third-order valence-corrected chi connectivity index (χ3v) is 7.02. The number of nitrogens with one attached hydrogen (secondary N) is 2. The van der Waals surface area contributed by atoms with Gasteiger partial charge < -0.3 is 10.1 Å². The summed E-state index contributed by atoms with van der Waals surface area (Å²) in [6, 6.07) is 16.6. The molecule has 10 heteroatoms. The van der Waals surface area contributed by atoms with Crippen molar-refractivity contribution in [1.29, 1.82) is 0 Å². The second kappa shape index (κ2) is 10.6. The lowest BCUT2D eigenvalue weighted by Gasteiger charge is -2.19. The molecule has 0 heterocycles. The van der Waals surface area contributed by atoms with Gasteiger partial charge in [-0.15, -0.1) is 0 Å². The second-order valence-electron chi connectivity index (χ2n) is 6.78. The predicted octanol–water partition coefficient (Wildman–Crippen LogP) is 5.18. The van der Waals surface area contributed by atoms with Crippen LogP contribution in [0.2, 0.25) is 15.1 Å². The van der Waals surface area contributed by atoms with Gasteiger partial charge in [0.15, 0.2) is 0 Å². The number of carbonyl (C=O) groups is 1. The average Bonchev–Trinajstić information content (AvgIpc) is 2.76. The molecule has 32 heavy (non-hydrogen) atoms. The van der Waals surface area contributed by atoms with Gasteiger partial charge in [-0.3, -0.25) is 4.79 Å². The molecule has 0 saturated carbocycles. The van der Waals surface area contributed by atoms with Gasteiger partial charge in [-0.25, -0.2) is 8.42 Å². The van der Waals surface area contributed by atoms with Crippen molar-refractivity contribution in [3.63, 3.8) is 0 Å². The van der Waals surface area contributed by atoms with E-state index >= 15 is 0 Å². The van der Waals surface area contributed by atoms with E-state index in [2.05, 4.69) is 10.0 Å². The maximum absolute atomic E-state index is 13.0. The summed E-state index contributed by atoms with van der Waals surface area (Å²) in [6.45, 7) is 0. The first-order chi connectivity index (χ1) is 15.2. The van der Waals surface area contributed by atoms with Crippen LogP contribution in [-0.2, 0) is 21.2 Å². The van der Waals surface area contributed by atoms with Gasteiger partial charge in [-0.2, -0.15) is 4.72 Å². The lowest BCUT2D eigenvalue weighted by molar-refractivity contribution is -0.117.